The smallest absolute Gasteiger partial charge is 0.168 e. The van der Waals surface area contributed by atoms with E-state index in [9.17, 15) is 4.79 Å². The number of nitrogens with two attached hydrogens (primary N) is 1. The number of Topliss-reactive ketones (excluding diaryl/α,β-unsaturated/α-hetero) is 1. The highest BCUT2D eigenvalue weighted by Gasteiger charge is 2.26. The molecule has 0 saturated heterocycles. The third kappa shape index (κ3) is 1.56. The number of hydrogen-bond donors (Lipinski definition) is 1. The lowest BCUT2D eigenvalue weighted by Gasteiger charge is -1.98. The number of nitrogen functional groups attached to an aromatic ring is 1. The number of hydrogen-bond acceptors (Lipinski definition) is 3. The first-order valence-corrected chi connectivity index (χ1v) is 4.49. The van der Waals surface area contributed by atoms with Gasteiger partial charge in [-0.1, -0.05) is 0 Å². The van der Waals surface area contributed by atoms with Crippen molar-refractivity contribution in [3.63, 3.8) is 0 Å². The molecule has 1 saturated carbocycles. The van der Waals surface area contributed by atoms with Crippen LogP contribution in [0.25, 0.3) is 0 Å². The molecule has 2 rings (SSSR count). The monoisotopic (exact) mass is 179 g/mol. The molecule has 0 aliphatic heterocycles. The fourth-order valence-corrected chi connectivity index (χ4v) is 1.36. The molecule has 0 radical (unpaired) electrons. The van der Waals surface area contributed by atoms with Gasteiger partial charge in [-0.05, 0) is 18.8 Å². The second-order valence-corrected chi connectivity index (χ2v) is 3.64. The van der Waals surface area contributed by atoms with Crippen LogP contribution in [0.4, 0.5) is 5.82 Å². The van der Waals surface area contributed by atoms with E-state index < -0.39 is 0 Å². The number of aromatic nitrogens is 2. The quantitative estimate of drug-likeness (QED) is 0.704. The Balaban J connectivity index is 2.14. The Morgan fingerprint density at radius 3 is 2.92 bits per heavy atom. The van der Waals surface area contributed by atoms with Gasteiger partial charge in [0.2, 0.25) is 0 Å². The highest BCUT2D eigenvalue weighted by Crippen LogP contribution is 2.33. The van der Waals surface area contributed by atoms with Crippen LogP contribution in [-0.4, -0.2) is 15.6 Å². The number of aryl methyl sites for hydroxylation is 1. The third-order valence-corrected chi connectivity index (χ3v) is 2.46. The molecule has 0 atom stereocenters. The second kappa shape index (κ2) is 2.87. The first-order valence-electron chi connectivity index (χ1n) is 4.49. The van der Waals surface area contributed by atoms with E-state index in [1.165, 1.54) is 17.5 Å². The minimum Gasteiger partial charge on any atom is -0.383 e. The summed E-state index contributed by atoms with van der Waals surface area (Å²) >= 11 is 0. The first-order chi connectivity index (χ1) is 6.18. The molecule has 13 heavy (non-hydrogen) atoms. The van der Waals surface area contributed by atoms with Crippen molar-refractivity contribution in [2.75, 3.05) is 5.73 Å². The van der Waals surface area contributed by atoms with Crippen LogP contribution in [-0.2, 0) is 7.05 Å². The van der Waals surface area contributed by atoms with Gasteiger partial charge in [-0.2, -0.15) is 5.10 Å². The minimum atomic E-state index is 0.133. The Hall–Kier alpha value is -1.32. The van der Waals surface area contributed by atoms with Crippen molar-refractivity contribution in [3.05, 3.63) is 11.8 Å². The lowest BCUT2D eigenvalue weighted by Crippen LogP contribution is -2.05. The van der Waals surface area contributed by atoms with Gasteiger partial charge in [0.1, 0.15) is 5.82 Å². The normalized spacial score (nSPS) is 16.1. The van der Waals surface area contributed by atoms with Gasteiger partial charge in [0.05, 0.1) is 11.8 Å². The molecule has 0 unspecified atom stereocenters. The maximum Gasteiger partial charge on any atom is 0.168 e. The van der Waals surface area contributed by atoms with Crippen molar-refractivity contribution in [1.29, 1.82) is 0 Å². The van der Waals surface area contributed by atoms with Gasteiger partial charge < -0.3 is 5.73 Å². The summed E-state index contributed by atoms with van der Waals surface area (Å²) < 4.78 is 1.53. The molecule has 1 heterocycles. The predicted molar refractivity (Wildman–Crippen MR) is 49.3 cm³/mol. The van der Waals surface area contributed by atoms with Crippen LogP contribution in [0.5, 0.6) is 0 Å². The molecule has 1 aromatic heterocycles. The average molecular weight is 179 g/mol. The van der Waals surface area contributed by atoms with Crippen molar-refractivity contribution in [2.24, 2.45) is 13.0 Å². The van der Waals surface area contributed by atoms with E-state index in [-0.39, 0.29) is 5.78 Å². The molecule has 1 fully saturated rings. The number of carbonyl (C=O) groups is 1. The average Bonchev–Trinajstić information content (AvgIpc) is 2.82. The van der Waals surface area contributed by atoms with E-state index in [4.69, 9.17) is 5.73 Å². The molecule has 4 nitrogen and oxygen atoms in total. The third-order valence-electron chi connectivity index (χ3n) is 2.46. The van der Waals surface area contributed by atoms with Crippen LogP contribution < -0.4 is 5.73 Å². The van der Waals surface area contributed by atoms with Crippen molar-refractivity contribution in [1.82, 2.24) is 9.78 Å². The number of carbonyl (C=O) groups excluding carboxylic acids is 1. The van der Waals surface area contributed by atoms with E-state index in [0.717, 1.165) is 0 Å². The van der Waals surface area contributed by atoms with Crippen LogP contribution in [0.1, 0.15) is 29.6 Å². The predicted octanol–water partition coefficient (Wildman–Crippen LogP) is 0.985. The Labute approximate surface area is 76.7 Å². The van der Waals surface area contributed by atoms with E-state index in [0.29, 0.717) is 23.7 Å². The van der Waals surface area contributed by atoms with Gasteiger partial charge in [-0.25, -0.2) is 0 Å². The molecule has 2 N–H and O–H groups in total. The van der Waals surface area contributed by atoms with Crippen LogP contribution in [0, 0.1) is 5.92 Å². The Morgan fingerprint density at radius 2 is 2.46 bits per heavy atom. The highest BCUT2D eigenvalue weighted by atomic mass is 16.1. The lowest BCUT2D eigenvalue weighted by atomic mass is 10.1. The summed E-state index contributed by atoms with van der Waals surface area (Å²) in [6.07, 6.45) is 4.56. The second-order valence-electron chi connectivity index (χ2n) is 3.64. The van der Waals surface area contributed by atoms with Crippen molar-refractivity contribution < 1.29 is 4.79 Å². The molecule has 70 valence electrons. The topological polar surface area (TPSA) is 60.9 Å². The lowest BCUT2D eigenvalue weighted by molar-refractivity contribution is 0.0977. The summed E-state index contributed by atoms with van der Waals surface area (Å²) in [6, 6.07) is 0. The van der Waals surface area contributed by atoms with E-state index >= 15 is 0 Å². The summed E-state index contributed by atoms with van der Waals surface area (Å²) in [5.74, 6) is 1.21. The fraction of sp³-hybridized carbons (Fsp3) is 0.556. The Morgan fingerprint density at radius 1 is 1.77 bits per heavy atom. The minimum absolute atomic E-state index is 0.133. The van der Waals surface area contributed by atoms with Gasteiger partial charge in [-0.3, -0.25) is 9.48 Å². The number of anilines is 1. The highest BCUT2D eigenvalue weighted by molar-refractivity contribution is 6.00. The van der Waals surface area contributed by atoms with E-state index in [1.807, 2.05) is 0 Å². The van der Waals surface area contributed by atoms with Gasteiger partial charge in [0.25, 0.3) is 0 Å². The van der Waals surface area contributed by atoms with Crippen molar-refractivity contribution in [3.8, 4) is 0 Å². The Bertz CT molecular complexity index is 339. The zero-order chi connectivity index (χ0) is 9.42. The molecule has 4 heteroatoms. The summed E-state index contributed by atoms with van der Waals surface area (Å²) in [5.41, 5.74) is 6.26. The van der Waals surface area contributed by atoms with Gasteiger partial charge in [0.15, 0.2) is 5.78 Å². The molecule has 1 aliphatic carbocycles. The molecule has 1 aliphatic rings. The standard InChI is InChI=1S/C9H13N3O/c1-12-9(10)7(5-11-12)8(13)4-6-2-3-6/h5-6H,2-4,10H2,1H3. The first kappa shape index (κ1) is 8.29. The number of nitrogens with zero attached hydrogens (tertiary/aromatic N) is 2. The molecule has 1 aromatic rings. The summed E-state index contributed by atoms with van der Waals surface area (Å²) in [6.45, 7) is 0. The van der Waals surface area contributed by atoms with Gasteiger partial charge in [-0.15, -0.1) is 0 Å². The number of rotatable bonds is 3. The van der Waals surface area contributed by atoms with Gasteiger partial charge in [0, 0.05) is 13.5 Å². The maximum atomic E-state index is 11.6. The molecular weight excluding hydrogens is 166 g/mol. The Kier molecular flexibility index (Phi) is 1.83. The summed E-state index contributed by atoms with van der Waals surface area (Å²) in [7, 11) is 1.74. The van der Waals surface area contributed by atoms with Crippen LogP contribution in [0.2, 0.25) is 0 Å². The zero-order valence-electron chi connectivity index (χ0n) is 7.66. The number of ketones is 1. The van der Waals surface area contributed by atoms with E-state index in [1.54, 1.807) is 13.2 Å². The molecule has 0 aromatic carbocycles. The molecule has 0 spiro atoms. The van der Waals surface area contributed by atoms with Crippen LogP contribution in [0.3, 0.4) is 0 Å². The molecular formula is C9H13N3O. The van der Waals surface area contributed by atoms with Gasteiger partial charge >= 0.3 is 0 Å². The summed E-state index contributed by atoms with van der Waals surface area (Å²) in [5, 5.41) is 3.94. The summed E-state index contributed by atoms with van der Waals surface area (Å²) in [4.78, 5) is 11.6. The fourth-order valence-electron chi connectivity index (χ4n) is 1.36. The SMILES string of the molecule is Cn1ncc(C(=O)CC2CC2)c1N. The molecule has 0 amide bonds. The van der Waals surface area contributed by atoms with Crippen molar-refractivity contribution in [2.45, 2.75) is 19.3 Å². The largest absolute Gasteiger partial charge is 0.383 e. The van der Waals surface area contributed by atoms with Crippen LogP contribution in [0.15, 0.2) is 6.20 Å². The maximum absolute atomic E-state index is 11.6. The van der Waals surface area contributed by atoms with Crippen molar-refractivity contribution >= 4 is 11.6 Å². The molecule has 0 bridgehead atoms. The van der Waals surface area contributed by atoms with Crippen LogP contribution >= 0.6 is 0 Å². The van der Waals surface area contributed by atoms with E-state index in [2.05, 4.69) is 5.10 Å². The zero-order valence-corrected chi connectivity index (χ0v) is 7.66.